The van der Waals surface area contributed by atoms with E-state index in [1.807, 2.05) is 60.7 Å². The molecule has 0 unspecified atom stereocenters. The number of hydrogen-bond donors (Lipinski definition) is 3. The number of ether oxygens (including phenoxy) is 1. The zero-order chi connectivity index (χ0) is 23.8. The molecular formula is C27H27N3O4. The number of aliphatic hydroxyl groups excluding tert-OH is 1. The molecule has 1 aromatic heterocycles. The highest BCUT2D eigenvalue weighted by molar-refractivity contribution is 5.91. The number of pyridine rings is 1. The molecule has 3 aromatic rings. The highest BCUT2D eigenvalue weighted by atomic mass is 16.5. The topological polar surface area (TPSA) is 101 Å². The average molecular weight is 458 g/mol. The first-order chi connectivity index (χ1) is 16.6. The summed E-state index contributed by atoms with van der Waals surface area (Å²) in [5.74, 6) is -0.391. The van der Waals surface area contributed by atoms with Gasteiger partial charge in [0.2, 0.25) is 11.8 Å². The Morgan fingerprint density at radius 3 is 2.38 bits per heavy atom. The first kappa shape index (κ1) is 23.4. The minimum absolute atomic E-state index is 0.101. The van der Waals surface area contributed by atoms with Gasteiger partial charge in [-0.2, -0.15) is 0 Å². The number of amides is 2. The Morgan fingerprint density at radius 1 is 0.912 bits per heavy atom. The lowest BCUT2D eigenvalue weighted by atomic mass is 10.0. The fraction of sp³-hybridized carbons (Fsp3) is 0.222. The van der Waals surface area contributed by atoms with Gasteiger partial charge in [-0.15, -0.1) is 0 Å². The van der Waals surface area contributed by atoms with Gasteiger partial charge in [-0.3, -0.25) is 14.6 Å². The van der Waals surface area contributed by atoms with Crippen molar-refractivity contribution < 1.29 is 19.4 Å². The molecule has 0 aliphatic carbocycles. The summed E-state index contributed by atoms with van der Waals surface area (Å²) in [6.45, 7) is -0.277. The van der Waals surface area contributed by atoms with Gasteiger partial charge in [0.1, 0.15) is 6.10 Å². The van der Waals surface area contributed by atoms with E-state index in [1.165, 1.54) is 0 Å². The van der Waals surface area contributed by atoms with Crippen LogP contribution in [0.15, 0.2) is 91.3 Å². The van der Waals surface area contributed by atoms with E-state index in [1.54, 1.807) is 30.6 Å². The van der Waals surface area contributed by atoms with Gasteiger partial charge >= 0.3 is 0 Å². The zero-order valence-electron chi connectivity index (χ0n) is 18.6. The molecule has 1 aliphatic heterocycles. The van der Waals surface area contributed by atoms with Crippen LogP contribution in [0.25, 0.3) is 11.1 Å². The van der Waals surface area contributed by atoms with Crippen molar-refractivity contribution in [2.45, 2.75) is 31.1 Å². The third-order valence-electron chi connectivity index (χ3n) is 5.54. The number of hydrogen-bond acceptors (Lipinski definition) is 5. The Labute approximate surface area is 198 Å². The summed E-state index contributed by atoms with van der Waals surface area (Å²) in [4.78, 5) is 28.9. The van der Waals surface area contributed by atoms with Gasteiger partial charge in [0.05, 0.1) is 31.6 Å². The average Bonchev–Trinajstić information content (AvgIpc) is 2.86. The van der Waals surface area contributed by atoms with E-state index in [9.17, 15) is 14.7 Å². The molecule has 3 N–H and O–H groups in total. The lowest BCUT2D eigenvalue weighted by Gasteiger charge is -2.31. The number of carbonyl (C=O) groups is 2. The first-order valence-electron chi connectivity index (χ1n) is 11.2. The monoisotopic (exact) mass is 457 g/mol. The second kappa shape index (κ2) is 11.4. The molecule has 2 aromatic carbocycles. The van der Waals surface area contributed by atoms with Gasteiger partial charge in [0, 0.05) is 18.1 Å². The molecule has 1 aliphatic rings. The Kier molecular flexibility index (Phi) is 7.80. The summed E-state index contributed by atoms with van der Waals surface area (Å²) >= 11 is 0. The molecule has 0 saturated heterocycles. The number of nitrogens with zero attached hydrogens (tertiary/aromatic N) is 1. The van der Waals surface area contributed by atoms with Crippen LogP contribution in [-0.4, -0.2) is 46.8 Å². The maximum atomic E-state index is 12.5. The Balaban J connectivity index is 1.29. The maximum absolute atomic E-state index is 12.5. The number of benzene rings is 2. The van der Waals surface area contributed by atoms with Crippen LogP contribution in [0.4, 0.5) is 5.69 Å². The van der Waals surface area contributed by atoms with Crippen LogP contribution in [0.5, 0.6) is 0 Å². The number of carbonyl (C=O) groups excluding carboxylic acids is 2. The quantitative estimate of drug-likeness (QED) is 0.451. The van der Waals surface area contributed by atoms with Crippen molar-refractivity contribution in [2.75, 3.05) is 11.9 Å². The summed E-state index contributed by atoms with van der Waals surface area (Å²) in [5.41, 5.74) is 3.68. The molecule has 0 spiro atoms. The molecule has 4 rings (SSSR count). The summed E-state index contributed by atoms with van der Waals surface area (Å²) in [7, 11) is 0. The van der Waals surface area contributed by atoms with Crippen molar-refractivity contribution in [3.05, 3.63) is 96.8 Å². The molecule has 0 saturated carbocycles. The van der Waals surface area contributed by atoms with Crippen molar-refractivity contribution in [1.82, 2.24) is 10.3 Å². The van der Waals surface area contributed by atoms with E-state index in [2.05, 4.69) is 15.6 Å². The Morgan fingerprint density at radius 2 is 1.68 bits per heavy atom. The highest BCUT2D eigenvalue weighted by Gasteiger charge is 2.29. The van der Waals surface area contributed by atoms with Crippen molar-refractivity contribution in [3.8, 4) is 11.1 Å². The van der Waals surface area contributed by atoms with E-state index in [4.69, 9.17) is 4.74 Å². The fourth-order valence-corrected chi connectivity index (χ4v) is 3.83. The number of aromatic nitrogens is 1. The number of rotatable bonds is 8. The zero-order valence-corrected chi connectivity index (χ0v) is 18.6. The summed E-state index contributed by atoms with van der Waals surface area (Å²) in [6, 6.07) is 20.8. The third kappa shape index (κ3) is 6.37. The van der Waals surface area contributed by atoms with E-state index in [-0.39, 0.29) is 31.3 Å². The first-order valence-corrected chi connectivity index (χ1v) is 11.2. The highest BCUT2D eigenvalue weighted by Crippen LogP contribution is 2.22. The van der Waals surface area contributed by atoms with Gasteiger partial charge in [0.15, 0.2) is 0 Å². The van der Waals surface area contributed by atoms with E-state index >= 15 is 0 Å². The molecule has 2 amide bonds. The van der Waals surface area contributed by atoms with Gasteiger partial charge in [-0.1, -0.05) is 60.7 Å². The van der Waals surface area contributed by atoms with Crippen LogP contribution in [0.2, 0.25) is 0 Å². The SMILES string of the molecule is O=C(C[C@H]1C=C[C@H](NC(=O)Cc2cccnc2)[C@@H](CO)O1)Nc1ccc(-c2ccccc2)cc1. The molecule has 7 nitrogen and oxygen atoms in total. The lowest BCUT2D eigenvalue weighted by Crippen LogP contribution is -2.49. The summed E-state index contributed by atoms with van der Waals surface area (Å²) in [6.07, 6.45) is 5.97. The van der Waals surface area contributed by atoms with Crippen LogP contribution < -0.4 is 10.6 Å². The molecule has 34 heavy (non-hydrogen) atoms. The normalized spacial score (nSPS) is 19.4. The molecule has 174 valence electrons. The summed E-state index contributed by atoms with van der Waals surface area (Å²) < 4.78 is 5.86. The Hall–Kier alpha value is -3.81. The Bertz CT molecular complexity index is 1120. The molecule has 0 radical (unpaired) electrons. The number of anilines is 1. The smallest absolute Gasteiger partial charge is 0.227 e. The van der Waals surface area contributed by atoms with Gasteiger partial charge in [-0.05, 0) is 34.9 Å². The van der Waals surface area contributed by atoms with Crippen molar-refractivity contribution in [1.29, 1.82) is 0 Å². The minimum atomic E-state index is -0.634. The van der Waals surface area contributed by atoms with Crippen molar-refractivity contribution >= 4 is 17.5 Å². The standard InChI is InChI=1S/C27H27N3O4/c31-18-25-24(30-26(32)15-19-5-4-14-28-17-19)13-12-23(34-25)16-27(33)29-22-10-8-21(9-11-22)20-6-2-1-3-7-20/h1-14,17,23-25,31H,15-16,18H2,(H,29,33)(H,30,32)/t23-,24+,25-/m1/s1. The predicted molar refractivity (Wildman–Crippen MR) is 130 cm³/mol. The van der Waals surface area contributed by atoms with Gasteiger partial charge in [-0.25, -0.2) is 0 Å². The van der Waals surface area contributed by atoms with E-state index in [0.29, 0.717) is 5.69 Å². The second-order valence-corrected chi connectivity index (χ2v) is 8.11. The van der Waals surface area contributed by atoms with Gasteiger partial charge < -0.3 is 20.5 Å². The van der Waals surface area contributed by atoms with Crippen LogP contribution in [0, 0.1) is 0 Å². The lowest BCUT2D eigenvalue weighted by molar-refractivity contribution is -0.125. The molecule has 3 atom stereocenters. The van der Waals surface area contributed by atoms with Crippen LogP contribution in [-0.2, 0) is 20.7 Å². The summed E-state index contributed by atoms with van der Waals surface area (Å²) in [5, 5.41) is 15.5. The van der Waals surface area contributed by atoms with Crippen LogP contribution >= 0.6 is 0 Å². The largest absolute Gasteiger partial charge is 0.394 e. The second-order valence-electron chi connectivity index (χ2n) is 8.11. The predicted octanol–water partition coefficient (Wildman–Crippen LogP) is 3.12. The fourth-order valence-electron chi connectivity index (χ4n) is 3.83. The molecule has 0 fully saturated rings. The van der Waals surface area contributed by atoms with Crippen LogP contribution in [0.1, 0.15) is 12.0 Å². The minimum Gasteiger partial charge on any atom is -0.394 e. The number of aliphatic hydroxyl groups is 1. The molecular weight excluding hydrogens is 430 g/mol. The third-order valence-corrected chi connectivity index (χ3v) is 5.54. The van der Waals surface area contributed by atoms with Gasteiger partial charge in [0.25, 0.3) is 0 Å². The molecule has 0 bridgehead atoms. The molecule has 7 heteroatoms. The number of nitrogens with one attached hydrogen (secondary N) is 2. The van der Waals surface area contributed by atoms with Crippen molar-refractivity contribution in [2.24, 2.45) is 0 Å². The molecule has 2 heterocycles. The maximum Gasteiger partial charge on any atom is 0.227 e. The van der Waals surface area contributed by atoms with E-state index in [0.717, 1.165) is 16.7 Å². The van der Waals surface area contributed by atoms with Crippen molar-refractivity contribution in [3.63, 3.8) is 0 Å². The van der Waals surface area contributed by atoms with E-state index < -0.39 is 18.2 Å². The van der Waals surface area contributed by atoms with Crippen LogP contribution in [0.3, 0.4) is 0 Å².